The SMILES string of the molecule is Cc1cnc(-n2ncc(C(=O)N3CCN(C4CCCC4)CC3)c2C2CC2)nc1-c1cccs1. The minimum Gasteiger partial charge on any atom is -0.336 e. The lowest BCUT2D eigenvalue weighted by Crippen LogP contribution is -2.51. The van der Waals surface area contributed by atoms with Gasteiger partial charge in [0.2, 0.25) is 0 Å². The second-order valence-electron chi connectivity index (χ2n) is 9.57. The van der Waals surface area contributed by atoms with Crippen molar-refractivity contribution >= 4 is 17.2 Å². The van der Waals surface area contributed by atoms with Crippen molar-refractivity contribution in [3.05, 3.63) is 46.7 Å². The van der Waals surface area contributed by atoms with E-state index < -0.39 is 0 Å². The summed E-state index contributed by atoms with van der Waals surface area (Å²) in [4.78, 5) is 28.7. The van der Waals surface area contributed by atoms with Gasteiger partial charge in [0.05, 0.1) is 28.0 Å². The zero-order chi connectivity index (χ0) is 22.4. The van der Waals surface area contributed by atoms with Crippen molar-refractivity contribution < 1.29 is 4.79 Å². The molecule has 0 bridgehead atoms. The minimum absolute atomic E-state index is 0.111. The van der Waals surface area contributed by atoms with Crippen LogP contribution in [-0.4, -0.2) is 67.7 Å². The Hall–Kier alpha value is -2.58. The summed E-state index contributed by atoms with van der Waals surface area (Å²) in [5, 5.41) is 6.69. The quantitative estimate of drug-likeness (QED) is 0.566. The second kappa shape index (κ2) is 8.65. The Bertz CT molecular complexity index is 1140. The van der Waals surface area contributed by atoms with E-state index in [2.05, 4.69) is 26.4 Å². The summed E-state index contributed by atoms with van der Waals surface area (Å²) in [7, 11) is 0. The molecule has 6 rings (SSSR count). The van der Waals surface area contributed by atoms with E-state index >= 15 is 0 Å². The molecule has 0 N–H and O–H groups in total. The molecule has 7 nitrogen and oxygen atoms in total. The van der Waals surface area contributed by atoms with Crippen molar-refractivity contribution in [3.63, 3.8) is 0 Å². The van der Waals surface area contributed by atoms with Crippen LogP contribution in [-0.2, 0) is 0 Å². The number of carbonyl (C=O) groups excluding carboxylic acids is 1. The lowest BCUT2D eigenvalue weighted by molar-refractivity contribution is 0.0572. The Morgan fingerprint density at radius 2 is 1.85 bits per heavy atom. The topological polar surface area (TPSA) is 67.2 Å². The number of thiophene rings is 1. The highest BCUT2D eigenvalue weighted by Gasteiger charge is 2.36. The molecule has 3 aliphatic rings. The van der Waals surface area contributed by atoms with E-state index in [1.54, 1.807) is 17.5 Å². The fraction of sp³-hybridized carbons (Fsp3) is 0.520. The molecule has 0 atom stereocenters. The molecule has 4 heterocycles. The summed E-state index contributed by atoms with van der Waals surface area (Å²) in [6.07, 6.45) is 11.1. The van der Waals surface area contributed by atoms with Crippen LogP contribution in [0, 0.1) is 6.92 Å². The molecule has 3 aromatic heterocycles. The molecule has 0 spiro atoms. The first-order chi connectivity index (χ1) is 16.2. The van der Waals surface area contributed by atoms with Crippen LogP contribution in [0.4, 0.5) is 0 Å². The molecular weight excluding hydrogens is 432 g/mol. The summed E-state index contributed by atoms with van der Waals surface area (Å²) in [5.74, 6) is 1.03. The van der Waals surface area contributed by atoms with Gasteiger partial charge in [-0.2, -0.15) is 5.10 Å². The number of hydrogen-bond donors (Lipinski definition) is 0. The van der Waals surface area contributed by atoms with E-state index in [1.807, 2.05) is 28.8 Å². The molecule has 1 amide bonds. The van der Waals surface area contributed by atoms with Gasteiger partial charge in [0.15, 0.2) is 0 Å². The molecule has 0 unspecified atom stereocenters. The standard InChI is InChI=1S/C25H30N6OS/c1-17-15-26-25(28-22(17)21-7-4-14-33-21)31-23(18-8-9-18)20(16-27-31)24(32)30-12-10-29(11-13-30)19-5-2-3-6-19/h4,7,14-16,18-19H,2-3,5-6,8-13H2,1H3. The number of hydrogen-bond acceptors (Lipinski definition) is 6. The monoisotopic (exact) mass is 462 g/mol. The number of nitrogens with zero attached hydrogens (tertiary/aromatic N) is 6. The number of amides is 1. The maximum atomic E-state index is 13.5. The highest BCUT2D eigenvalue weighted by Crippen LogP contribution is 2.42. The second-order valence-corrected chi connectivity index (χ2v) is 10.5. The van der Waals surface area contributed by atoms with Gasteiger partial charge in [-0.3, -0.25) is 9.69 Å². The Kier molecular flexibility index (Phi) is 5.50. The zero-order valence-corrected chi connectivity index (χ0v) is 19.9. The molecule has 2 saturated carbocycles. The van der Waals surface area contributed by atoms with Gasteiger partial charge in [-0.15, -0.1) is 11.3 Å². The third-order valence-electron chi connectivity index (χ3n) is 7.35. The number of piperazine rings is 1. The van der Waals surface area contributed by atoms with Crippen molar-refractivity contribution in [2.75, 3.05) is 26.2 Å². The third-order valence-corrected chi connectivity index (χ3v) is 8.22. The number of aromatic nitrogens is 4. The van der Waals surface area contributed by atoms with E-state index in [4.69, 9.17) is 4.98 Å². The maximum absolute atomic E-state index is 13.5. The highest BCUT2D eigenvalue weighted by molar-refractivity contribution is 7.13. The molecule has 8 heteroatoms. The van der Waals surface area contributed by atoms with Gasteiger partial charge in [-0.1, -0.05) is 18.9 Å². The van der Waals surface area contributed by atoms with Gasteiger partial charge in [0.1, 0.15) is 0 Å². The Morgan fingerprint density at radius 1 is 1.06 bits per heavy atom. The van der Waals surface area contributed by atoms with Crippen molar-refractivity contribution in [2.45, 2.75) is 57.4 Å². The number of aryl methyl sites for hydroxylation is 1. The molecular formula is C25H30N6OS. The lowest BCUT2D eigenvalue weighted by atomic mass is 10.1. The van der Waals surface area contributed by atoms with Gasteiger partial charge < -0.3 is 4.90 Å². The summed E-state index contributed by atoms with van der Waals surface area (Å²) in [6, 6.07) is 4.84. The number of carbonyl (C=O) groups is 1. The molecule has 0 aromatic carbocycles. The molecule has 3 fully saturated rings. The fourth-order valence-electron chi connectivity index (χ4n) is 5.36. The number of rotatable bonds is 5. The predicted octanol–water partition coefficient (Wildman–Crippen LogP) is 4.28. The largest absolute Gasteiger partial charge is 0.336 e. The molecule has 2 aliphatic carbocycles. The fourth-order valence-corrected chi connectivity index (χ4v) is 6.14. The van der Waals surface area contributed by atoms with Gasteiger partial charge in [-0.05, 0) is 49.6 Å². The molecule has 172 valence electrons. The van der Waals surface area contributed by atoms with Crippen LogP contribution in [0.25, 0.3) is 16.5 Å². The first-order valence-electron chi connectivity index (χ1n) is 12.2. The van der Waals surface area contributed by atoms with Crippen molar-refractivity contribution in [3.8, 4) is 16.5 Å². The van der Waals surface area contributed by atoms with Crippen molar-refractivity contribution in [1.82, 2.24) is 29.5 Å². The third kappa shape index (κ3) is 3.99. The molecule has 3 aromatic rings. The van der Waals surface area contributed by atoms with Crippen LogP contribution >= 0.6 is 11.3 Å². The van der Waals surface area contributed by atoms with Crippen molar-refractivity contribution in [2.24, 2.45) is 0 Å². The van der Waals surface area contributed by atoms with E-state index in [0.717, 1.165) is 72.5 Å². The van der Waals surface area contributed by atoms with Crippen LogP contribution in [0.5, 0.6) is 0 Å². The van der Waals surface area contributed by atoms with Crippen LogP contribution in [0.1, 0.15) is 66.1 Å². The summed E-state index contributed by atoms with van der Waals surface area (Å²) in [6.45, 7) is 5.59. The van der Waals surface area contributed by atoms with Crippen LogP contribution < -0.4 is 0 Å². The van der Waals surface area contributed by atoms with E-state index in [0.29, 0.717) is 11.9 Å². The molecule has 1 saturated heterocycles. The van der Waals surface area contributed by atoms with Crippen LogP contribution in [0.2, 0.25) is 0 Å². The Balaban J connectivity index is 1.26. The van der Waals surface area contributed by atoms with Gasteiger partial charge >= 0.3 is 0 Å². The van der Waals surface area contributed by atoms with Crippen LogP contribution in [0.3, 0.4) is 0 Å². The summed E-state index contributed by atoms with van der Waals surface area (Å²) >= 11 is 1.67. The first kappa shape index (κ1) is 21.0. The summed E-state index contributed by atoms with van der Waals surface area (Å²) < 4.78 is 1.82. The van der Waals surface area contributed by atoms with Gasteiger partial charge in [0.25, 0.3) is 11.9 Å². The molecule has 0 radical (unpaired) electrons. The summed E-state index contributed by atoms with van der Waals surface area (Å²) in [5.41, 5.74) is 3.69. The highest BCUT2D eigenvalue weighted by atomic mass is 32.1. The Labute approximate surface area is 198 Å². The Morgan fingerprint density at radius 3 is 2.55 bits per heavy atom. The van der Waals surface area contributed by atoms with E-state index in [9.17, 15) is 4.79 Å². The minimum atomic E-state index is 0.111. The smallest absolute Gasteiger partial charge is 0.257 e. The normalized spacial score (nSPS) is 20.0. The zero-order valence-electron chi connectivity index (χ0n) is 19.1. The van der Waals surface area contributed by atoms with E-state index in [1.165, 1.54) is 25.7 Å². The maximum Gasteiger partial charge on any atom is 0.257 e. The lowest BCUT2D eigenvalue weighted by Gasteiger charge is -2.38. The van der Waals surface area contributed by atoms with E-state index in [-0.39, 0.29) is 5.91 Å². The average Bonchev–Trinajstić information content (AvgIpc) is 3.28. The van der Waals surface area contributed by atoms with Crippen molar-refractivity contribution in [1.29, 1.82) is 0 Å². The van der Waals surface area contributed by atoms with Gasteiger partial charge in [0, 0.05) is 44.3 Å². The average molecular weight is 463 g/mol. The molecule has 1 aliphatic heterocycles. The molecule has 33 heavy (non-hydrogen) atoms. The predicted molar refractivity (Wildman–Crippen MR) is 129 cm³/mol. The van der Waals surface area contributed by atoms with Gasteiger partial charge in [-0.25, -0.2) is 14.6 Å². The van der Waals surface area contributed by atoms with Crippen LogP contribution in [0.15, 0.2) is 29.9 Å². The first-order valence-corrected chi connectivity index (χ1v) is 13.1.